The van der Waals surface area contributed by atoms with Gasteiger partial charge in [0.1, 0.15) is 10.8 Å². The number of pyridine rings is 1. The molecule has 0 bridgehead atoms. The zero-order chi connectivity index (χ0) is 20.4. The number of hydrogen-bond acceptors (Lipinski definition) is 4. The van der Waals surface area contributed by atoms with Gasteiger partial charge in [-0.25, -0.2) is 0 Å². The quantitative estimate of drug-likeness (QED) is 0.735. The molecule has 0 saturated carbocycles. The number of rotatable bonds is 5. The van der Waals surface area contributed by atoms with E-state index in [2.05, 4.69) is 9.71 Å². The van der Waals surface area contributed by atoms with Gasteiger partial charge in [-0.05, 0) is 51.0 Å². The van der Waals surface area contributed by atoms with Crippen LogP contribution in [0, 0.1) is 0 Å². The lowest BCUT2D eigenvalue weighted by Crippen LogP contribution is -2.42. The molecule has 1 aromatic heterocycles. The van der Waals surface area contributed by atoms with E-state index in [9.17, 15) is 22.8 Å². The van der Waals surface area contributed by atoms with Crippen molar-refractivity contribution in [3.8, 4) is 0 Å². The maximum Gasteiger partial charge on any atom is 0.418 e. The van der Waals surface area contributed by atoms with Crippen LogP contribution in [0.3, 0.4) is 0 Å². The average Bonchev–Trinajstić information content (AvgIpc) is 2.58. The number of halogens is 3. The molecule has 3 unspecified atom stereocenters. The van der Waals surface area contributed by atoms with Crippen molar-refractivity contribution in [1.82, 2.24) is 9.71 Å². The van der Waals surface area contributed by atoms with Crippen molar-refractivity contribution in [2.24, 2.45) is 0 Å². The summed E-state index contributed by atoms with van der Waals surface area (Å²) >= 11 is -1.62. The van der Waals surface area contributed by atoms with Gasteiger partial charge in [-0.2, -0.15) is 13.2 Å². The fourth-order valence-electron chi connectivity index (χ4n) is 2.42. The first-order valence-electron chi connectivity index (χ1n) is 8.39. The van der Waals surface area contributed by atoms with E-state index in [1.54, 1.807) is 52.0 Å². The minimum Gasteiger partial charge on any atom is -0.598 e. The second kappa shape index (κ2) is 8.18. The number of aromatic nitrogens is 1. The Morgan fingerprint density at radius 3 is 2.11 bits per heavy atom. The van der Waals surface area contributed by atoms with E-state index in [1.165, 1.54) is 12.3 Å². The molecule has 0 amide bonds. The van der Waals surface area contributed by atoms with E-state index in [0.717, 1.165) is 6.07 Å². The number of benzene rings is 1. The summed E-state index contributed by atoms with van der Waals surface area (Å²) in [5, 5.41) is 9.65. The first-order valence-corrected chi connectivity index (χ1v) is 9.54. The fraction of sp³-hybridized carbons (Fsp3) is 0.421. The van der Waals surface area contributed by atoms with Gasteiger partial charge in [0.05, 0.1) is 17.4 Å². The Morgan fingerprint density at radius 1 is 1.07 bits per heavy atom. The second-order valence-corrected chi connectivity index (χ2v) is 9.21. The van der Waals surface area contributed by atoms with Crippen LogP contribution in [0.5, 0.6) is 0 Å². The third-order valence-corrected chi connectivity index (χ3v) is 5.51. The van der Waals surface area contributed by atoms with Crippen LogP contribution < -0.4 is 4.72 Å². The molecular formula is C19H23F3N2O2S. The van der Waals surface area contributed by atoms with Gasteiger partial charge >= 0.3 is 6.18 Å². The SMILES string of the molecule is CC(O)c1ccc(C(N[S+]([O-])C(C)(C)C)c2ncccc2C(F)(F)F)cc1. The summed E-state index contributed by atoms with van der Waals surface area (Å²) in [5.74, 6) is 0. The smallest absolute Gasteiger partial charge is 0.418 e. The number of hydrogen-bond donors (Lipinski definition) is 2. The molecule has 2 N–H and O–H groups in total. The van der Waals surface area contributed by atoms with E-state index in [4.69, 9.17) is 0 Å². The summed E-state index contributed by atoms with van der Waals surface area (Å²) < 4.78 is 55.2. The summed E-state index contributed by atoms with van der Waals surface area (Å²) in [4.78, 5) is 3.95. The van der Waals surface area contributed by atoms with Gasteiger partial charge < -0.3 is 9.66 Å². The molecule has 2 aromatic rings. The Morgan fingerprint density at radius 2 is 1.63 bits per heavy atom. The maximum atomic E-state index is 13.5. The zero-order valence-electron chi connectivity index (χ0n) is 15.5. The normalized spacial score (nSPS) is 16.0. The third kappa shape index (κ3) is 5.44. The standard InChI is InChI=1S/C19H23F3N2O2S/c1-12(25)13-7-9-14(10-8-13)16(24-27(26)18(2,3)4)17-15(19(20,21)22)6-5-11-23-17/h5-12,16,24-25H,1-4H3. The predicted octanol–water partition coefficient (Wildman–Crippen LogP) is 4.29. The third-order valence-electron chi connectivity index (χ3n) is 3.95. The first-order chi connectivity index (χ1) is 12.4. The van der Waals surface area contributed by atoms with E-state index >= 15 is 0 Å². The molecule has 27 heavy (non-hydrogen) atoms. The van der Waals surface area contributed by atoms with Crippen LogP contribution in [0.25, 0.3) is 0 Å². The van der Waals surface area contributed by atoms with Crippen molar-refractivity contribution < 1.29 is 22.8 Å². The van der Waals surface area contributed by atoms with Gasteiger partial charge in [-0.1, -0.05) is 24.3 Å². The van der Waals surface area contributed by atoms with Crippen LogP contribution >= 0.6 is 0 Å². The summed E-state index contributed by atoms with van der Waals surface area (Å²) in [5.41, 5.74) is -0.0203. The molecule has 4 nitrogen and oxygen atoms in total. The molecule has 2 rings (SSSR count). The highest BCUT2D eigenvalue weighted by Gasteiger charge is 2.39. The minimum atomic E-state index is -4.59. The lowest BCUT2D eigenvalue weighted by Gasteiger charge is -2.29. The van der Waals surface area contributed by atoms with Crippen LogP contribution in [0.1, 0.15) is 62.2 Å². The van der Waals surface area contributed by atoms with Gasteiger partial charge in [-0.15, -0.1) is 4.72 Å². The lowest BCUT2D eigenvalue weighted by atomic mass is 9.98. The van der Waals surface area contributed by atoms with Crippen LogP contribution in [-0.4, -0.2) is 19.4 Å². The van der Waals surface area contributed by atoms with Crippen molar-refractivity contribution >= 4 is 11.4 Å². The Labute approximate surface area is 160 Å². The predicted molar refractivity (Wildman–Crippen MR) is 99.2 cm³/mol. The molecule has 8 heteroatoms. The van der Waals surface area contributed by atoms with E-state index < -0.39 is 40.0 Å². The summed E-state index contributed by atoms with van der Waals surface area (Å²) in [6, 6.07) is 7.63. The highest BCUT2D eigenvalue weighted by atomic mass is 32.2. The highest BCUT2D eigenvalue weighted by molar-refractivity contribution is 7.90. The van der Waals surface area contributed by atoms with Gasteiger partial charge in [0.2, 0.25) is 0 Å². The zero-order valence-corrected chi connectivity index (χ0v) is 16.4. The molecule has 0 aliphatic heterocycles. The lowest BCUT2D eigenvalue weighted by molar-refractivity contribution is -0.138. The van der Waals surface area contributed by atoms with E-state index in [1.807, 2.05) is 0 Å². The summed E-state index contributed by atoms with van der Waals surface area (Å²) in [6.45, 7) is 6.78. The molecule has 0 spiro atoms. The van der Waals surface area contributed by atoms with Crippen molar-refractivity contribution in [2.45, 2.75) is 50.8 Å². The molecular weight excluding hydrogens is 377 g/mol. The molecule has 0 fully saturated rings. The molecule has 3 atom stereocenters. The Kier molecular flexibility index (Phi) is 6.57. The van der Waals surface area contributed by atoms with Gasteiger partial charge in [0.15, 0.2) is 0 Å². The van der Waals surface area contributed by atoms with Crippen molar-refractivity contribution in [3.63, 3.8) is 0 Å². The van der Waals surface area contributed by atoms with Crippen LogP contribution in [-0.2, 0) is 17.5 Å². The highest BCUT2D eigenvalue weighted by Crippen LogP contribution is 2.36. The Bertz CT molecular complexity index is 759. The van der Waals surface area contributed by atoms with Gasteiger partial charge in [0.25, 0.3) is 0 Å². The number of aliphatic hydroxyl groups excluding tert-OH is 1. The summed E-state index contributed by atoms with van der Waals surface area (Å²) in [6.07, 6.45) is -4.01. The van der Waals surface area contributed by atoms with E-state index in [0.29, 0.717) is 11.1 Å². The summed E-state index contributed by atoms with van der Waals surface area (Å²) in [7, 11) is 0. The number of aliphatic hydroxyl groups is 1. The maximum absolute atomic E-state index is 13.5. The van der Waals surface area contributed by atoms with Crippen molar-refractivity contribution in [2.75, 3.05) is 0 Å². The molecule has 1 aromatic carbocycles. The molecule has 0 radical (unpaired) electrons. The second-order valence-electron chi connectivity index (χ2n) is 7.21. The molecule has 1 heterocycles. The van der Waals surface area contributed by atoms with Crippen molar-refractivity contribution in [1.29, 1.82) is 0 Å². The van der Waals surface area contributed by atoms with Gasteiger partial charge in [0, 0.05) is 17.6 Å². The molecule has 148 valence electrons. The fourth-order valence-corrected chi connectivity index (χ4v) is 3.24. The Hall–Kier alpha value is -1.61. The molecule has 0 aliphatic rings. The van der Waals surface area contributed by atoms with Crippen LogP contribution in [0.4, 0.5) is 13.2 Å². The number of nitrogens with zero attached hydrogens (tertiary/aromatic N) is 1. The number of nitrogens with one attached hydrogen (secondary N) is 1. The average molecular weight is 400 g/mol. The number of alkyl halides is 3. The van der Waals surface area contributed by atoms with Crippen LogP contribution in [0.2, 0.25) is 0 Å². The Balaban J connectivity index is 2.54. The first kappa shape index (κ1) is 21.7. The minimum absolute atomic E-state index is 0.243. The topological polar surface area (TPSA) is 68.2 Å². The van der Waals surface area contributed by atoms with Gasteiger partial charge in [-0.3, -0.25) is 4.98 Å². The van der Waals surface area contributed by atoms with Crippen LogP contribution in [0.15, 0.2) is 42.6 Å². The van der Waals surface area contributed by atoms with Crippen molar-refractivity contribution in [3.05, 3.63) is 65.0 Å². The van der Waals surface area contributed by atoms with E-state index in [-0.39, 0.29) is 5.69 Å². The monoisotopic (exact) mass is 400 g/mol. The molecule has 0 aliphatic carbocycles. The largest absolute Gasteiger partial charge is 0.598 e. The molecule has 0 saturated heterocycles.